The van der Waals surface area contributed by atoms with Crippen molar-refractivity contribution < 1.29 is 9.53 Å². The molecule has 2 fully saturated rings. The molecule has 3 aliphatic rings. The minimum atomic E-state index is -0.296. The maximum Gasteiger partial charge on any atom is 0.227 e. The normalized spacial score (nSPS) is 21.5. The first-order valence-corrected chi connectivity index (χ1v) is 12.8. The summed E-state index contributed by atoms with van der Waals surface area (Å²) in [5.41, 5.74) is 4.71. The highest BCUT2D eigenvalue weighted by molar-refractivity contribution is 5.79. The molecule has 0 aromatic carbocycles. The molecule has 0 spiro atoms. The fourth-order valence-corrected chi connectivity index (χ4v) is 5.48. The highest BCUT2D eigenvalue weighted by Crippen LogP contribution is 2.46. The van der Waals surface area contributed by atoms with Gasteiger partial charge in [0.05, 0.1) is 35.9 Å². The van der Waals surface area contributed by atoms with Crippen LogP contribution in [0.4, 0.5) is 5.82 Å². The van der Waals surface area contributed by atoms with Gasteiger partial charge in [-0.05, 0) is 49.8 Å². The fraction of sp³-hybridized carbons (Fsp3) is 0.571. The van der Waals surface area contributed by atoms with Crippen LogP contribution in [-0.2, 0) is 29.0 Å². The second-order valence-corrected chi connectivity index (χ2v) is 11.1. The van der Waals surface area contributed by atoms with Crippen molar-refractivity contribution in [2.45, 2.75) is 77.5 Å². The Hall–Kier alpha value is -2.98. The molecule has 1 aliphatic carbocycles. The van der Waals surface area contributed by atoms with Crippen LogP contribution in [0.1, 0.15) is 74.4 Å². The number of hydrogen-bond donors (Lipinski definition) is 0. The van der Waals surface area contributed by atoms with Crippen molar-refractivity contribution in [2.24, 2.45) is 5.92 Å². The number of ether oxygens (including phenoxy) is 1. The van der Waals surface area contributed by atoms with Crippen LogP contribution in [0.15, 0.2) is 24.5 Å². The van der Waals surface area contributed by atoms with Gasteiger partial charge in [0.15, 0.2) is 0 Å². The van der Waals surface area contributed by atoms with Gasteiger partial charge >= 0.3 is 0 Å². The van der Waals surface area contributed by atoms with Crippen LogP contribution < -0.4 is 4.90 Å². The number of amides is 1. The zero-order valence-corrected chi connectivity index (χ0v) is 21.3. The topological polar surface area (TPSA) is 82.4 Å². The Morgan fingerprint density at radius 2 is 2.09 bits per heavy atom. The molecule has 184 valence electrons. The van der Waals surface area contributed by atoms with Crippen molar-refractivity contribution in [3.63, 3.8) is 0 Å². The summed E-state index contributed by atoms with van der Waals surface area (Å²) < 4.78 is 6.12. The van der Waals surface area contributed by atoms with E-state index in [0.29, 0.717) is 44.1 Å². The van der Waals surface area contributed by atoms with Crippen LogP contribution in [-0.4, -0.2) is 52.1 Å². The van der Waals surface area contributed by atoms with Crippen molar-refractivity contribution in [1.82, 2.24) is 14.9 Å². The number of carbonyl (C=O) groups excluding carboxylic acids is 1. The van der Waals surface area contributed by atoms with Gasteiger partial charge < -0.3 is 14.5 Å². The molecule has 1 saturated carbocycles. The lowest BCUT2D eigenvalue weighted by Gasteiger charge is -2.44. The van der Waals surface area contributed by atoms with E-state index in [1.807, 2.05) is 17.0 Å². The molecular formula is C28H35N5O2. The summed E-state index contributed by atoms with van der Waals surface area (Å²) in [6.45, 7) is 11.0. The Bertz CT molecular complexity index is 1150. The lowest BCUT2D eigenvalue weighted by atomic mass is 9.87. The number of nitriles is 1. The Labute approximate surface area is 208 Å². The molecule has 0 N–H and O–H groups in total. The van der Waals surface area contributed by atoms with Crippen LogP contribution in [0.2, 0.25) is 0 Å². The summed E-state index contributed by atoms with van der Waals surface area (Å²) in [6.07, 6.45) is 6.87. The molecule has 4 heterocycles. The minimum Gasteiger partial charge on any atom is -0.370 e. The van der Waals surface area contributed by atoms with E-state index in [-0.39, 0.29) is 23.5 Å². The predicted molar refractivity (Wildman–Crippen MR) is 134 cm³/mol. The summed E-state index contributed by atoms with van der Waals surface area (Å²) in [5, 5.41) is 10.3. The number of nitrogens with zero attached hydrogens (tertiary/aromatic N) is 5. The Morgan fingerprint density at radius 1 is 1.29 bits per heavy atom. The lowest BCUT2D eigenvalue weighted by molar-refractivity contribution is -0.134. The Morgan fingerprint density at radius 3 is 2.74 bits per heavy atom. The first kappa shape index (κ1) is 23.7. The second-order valence-electron chi connectivity index (χ2n) is 11.1. The highest BCUT2D eigenvalue weighted by atomic mass is 16.5. The summed E-state index contributed by atoms with van der Waals surface area (Å²) in [5.74, 6) is 1.70. The third-order valence-electron chi connectivity index (χ3n) is 7.60. The Kier molecular flexibility index (Phi) is 6.27. The molecule has 2 aromatic heterocycles. The third kappa shape index (κ3) is 4.77. The number of anilines is 1. The smallest absolute Gasteiger partial charge is 0.227 e. The summed E-state index contributed by atoms with van der Waals surface area (Å²) in [4.78, 5) is 26.8. The molecule has 2 aliphatic heterocycles. The van der Waals surface area contributed by atoms with Gasteiger partial charge in [-0.15, -0.1) is 0 Å². The van der Waals surface area contributed by atoms with Crippen LogP contribution in [0, 0.1) is 17.2 Å². The molecule has 1 amide bonds. The van der Waals surface area contributed by atoms with E-state index in [1.165, 1.54) is 0 Å². The highest BCUT2D eigenvalue weighted by Gasteiger charge is 2.39. The average molecular weight is 474 g/mol. The monoisotopic (exact) mass is 473 g/mol. The van der Waals surface area contributed by atoms with Crippen LogP contribution in [0.3, 0.4) is 0 Å². The number of pyridine rings is 2. The van der Waals surface area contributed by atoms with E-state index in [2.05, 4.69) is 43.6 Å². The van der Waals surface area contributed by atoms with Crippen molar-refractivity contribution in [2.75, 3.05) is 24.5 Å². The number of aromatic nitrogens is 2. The van der Waals surface area contributed by atoms with Crippen molar-refractivity contribution in [3.05, 3.63) is 52.5 Å². The van der Waals surface area contributed by atoms with Gasteiger partial charge in [-0.1, -0.05) is 19.9 Å². The largest absolute Gasteiger partial charge is 0.370 e. The van der Waals surface area contributed by atoms with Gasteiger partial charge in [0.1, 0.15) is 11.9 Å². The second kappa shape index (κ2) is 9.23. The average Bonchev–Trinajstić information content (AvgIpc) is 3.68. The molecule has 1 atom stereocenters. The van der Waals surface area contributed by atoms with Crippen LogP contribution in [0.5, 0.6) is 0 Å². The van der Waals surface area contributed by atoms with Crippen LogP contribution in [0.25, 0.3) is 0 Å². The molecule has 1 saturated heterocycles. The lowest BCUT2D eigenvalue weighted by Crippen LogP contribution is -2.58. The molecular weight excluding hydrogens is 438 g/mol. The van der Waals surface area contributed by atoms with Crippen molar-refractivity contribution in [1.29, 1.82) is 5.26 Å². The predicted octanol–water partition coefficient (Wildman–Crippen LogP) is 3.99. The molecule has 1 unspecified atom stereocenters. The van der Waals surface area contributed by atoms with Gasteiger partial charge in [-0.25, -0.2) is 4.98 Å². The number of fused-ring (bicyclic) bond motifs is 1. The molecule has 7 nitrogen and oxygen atoms in total. The molecule has 7 heteroatoms. The van der Waals surface area contributed by atoms with E-state index in [0.717, 1.165) is 47.5 Å². The summed E-state index contributed by atoms with van der Waals surface area (Å²) in [7, 11) is 0. The third-order valence-corrected chi connectivity index (χ3v) is 7.60. The van der Waals surface area contributed by atoms with E-state index in [9.17, 15) is 10.1 Å². The van der Waals surface area contributed by atoms with Gasteiger partial charge in [0, 0.05) is 49.9 Å². The van der Waals surface area contributed by atoms with Gasteiger partial charge in [-0.2, -0.15) is 5.26 Å². The zero-order chi connectivity index (χ0) is 24.7. The summed E-state index contributed by atoms with van der Waals surface area (Å²) >= 11 is 0. The Balaban J connectivity index is 1.45. The van der Waals surface area contributed by atoms with Crippen molar-refractivity contribution >= 4 is 11.7 Å². The zero-order valence-electron chi connectivity index (χ0n) is 21.3. The van der Waals surface area contributed by atoms with Gasteiger partial charge in [-0.3, -0.25) is 9.78 Å². The summed E-state index contributed by atoms with van der Waals surface area (Å²) in [6, 6.07) is 6.39. The number of rotatable bonds is 5. The van der Waals surface area contributed by atoms with Gasteiger partial charge in [0.25, 0.3) is 0 Å². The number of carbonyl (C=O) groups is 1. The van der Waals surface area contributed by atoms with Crippen molar-refractivity contribution in [3.8, 4) is 6.07 Å². The first-order valence-electron chi connectivity index (χ1n) is 12.8. The fourth-order valence-electron chi connectivity index (χ4n) is 5.48. The standard InChI is InChI=1S/C28H35N5O2/c1-18(2)24-16-32(10-11-33(24)25(34)12-19-6-5-9-30-15-19)27-22(14-29)21-13-28(3,4)35-17-23(21)26(31-27)20-7-8-20/h5-6,9,15,18,20,24H,7-8,10-13,16-17H2,1-4H3. The minimum absolute atomic E-state index is 0.0569. The molecule has 0 radical (unpaired) electrons. The quantitative estimate of drug-likeness (QED) is 0.653. The molecule has 2 aromatic rings. The molecule has 5 rings (SSSR count). The molecule has 0 bridgehead atoms. The number of piperazine rings is 1. The number of hydrogen-bond acceptors (Lipinski definition) is 6. The van der Waals surface area contributed by atoms with E-state index < -0.39 is 0 Å². The van der Waals surface area contributed by atoms with E-state index >= 15 is 0 Å². The van der Waals surface area contributed by atoms with E-state index in [1.54, 1.807) is 12.4 Å². The van der Waals surface area contributed by atoms with E-state index in [4.69, 9.17) is 9.72 Å². The van der Waals surface area contributed by atoms with Gasteiger partial charge in [0.2, 0.25) is 5.91 Å². The first-order chi connectivity index (χ1) is 16.8. The maximum atomic E-state index is 13.3. The maximum absolute atomic E-state index is 13.3. The molecule has 35 heavy (non-hydrogen) atoms. The van der Waals surface area contributed by atoms with Crippen LogP contribution >= 0.6 is 0 Å². The SMILES string of the molecule is CC(C)C1CN(c2nc(C3CC3)c3c(c2C#N)CC(C)(C)OC3)CCN1C(=O)Cc1cccnc1.